The van der Waals surface area contributed by atoms with Crippen molar-refractivity contribution in [3.05, 3.63) is 59.7 Å². The predicted molar refractivity (Wildman–Crippen MR) is 98.4 cm³/mol. The average molecular weight is 412 g/mol. The maximum Gasteiger partial charge on any atom is 0.418 e. The van der Waals surface area contributed by atoms with E-state index in [0.717, 1.165) is 31.4 Å². The zero-order valence-electron chi connectivity index (χ0n) is 14.9. The predicted octanol–water partition coefficient (Wildman–Crippen LogP) is 4.13. The molecular formula is C19H19F3N2O3S. The van der Waals surface area contributed by atoms with Gasteiger partial charge in [0.25, 0.3) is 5.91 Å². The van der Waals surface area contributed by atoms with Crippen LogP contribution in [0.5, 0.6) is 0 Å². The van der Waals surface area contributed by atoms with Gasteiger partial charge in [-0.2, -0.15) is 17.5 Å². The van der Waals surface area contributed by atoms with Crippen molar-refractivity contribution in [1.82, 2.24) is 4.31 Å². The van der Waals surface area contributed by atoms with E-state index in [2.05, 4.69) is 5.32 Å². The molecule has 9 heteroatoms. The van der Waals surface area contributed by atoms with E-state index in [1.54, 1.807) is 0 Å². The summed E-state index contributed by atoms with van der Waals surface area (Å²) in [4.78, 5) is 12.4. The molecule has 0 spiro atoms. The van der Waals surface area contributed by atoms with Crippen molar-refractivity contribution in [2.45, 2.75) is 30.3 Å². The molecule has 0 atom stereocenters. The van der Waals surface area contributed by atoms with E-state index in [9.17, 15) is 26.4 Å². The lowest BCUT2D eigenvalue weighted by molar-refractivity contribution is -0.136. The van der Waals surface area contributed by atoms with Gasteiger partial charge in [-0.1, -0.05) is 24.6 Å². The molecule has 1 aliphatic rings. The smallest absolute Gasteiger partial charge is 0.321 e. The third-order valence-corrected chi connectivity index (χ3v) is 6.42. The number of hydrogen-bond acceptors (Lipinski definition) is 3. The van der Waals surface area contributed by atoms with Crippen molar-refractivity contribution in [1.29, 1.82) is 0 Å². The number of piperidine rings is 1. The van der Waals surface area contributed by atoms with E-state index < -0.39 is 27.7 Å². The zero-order valence-corrected chi connectivity index (χ0v) is 15.7. The second kappa shape index (κ2) is 7.92. The molecule has 0 unspecified atom stereocenters. The minimum atomic E-state index is -4.62. The summed E-state index contributed by atoms with van der Waals surface area (Å²) >= 11 is 0. The number of nitrogens with zero attached hydrogens (tertiary/aromatic N) is 1. The monoisotopic (exact) mass is 412 g/mol. The fourth-order valence-electron chi connectivity index (χ4n) is 3.09. The van der Waals surface area contributed by atoms with Gasteiger partial charge in [-0.15, -0.1) is 0 Å². The number of sulfonamides is 1. The Morgan fingerprint density at radius 1 is 0.964 bits per heavy atom. The van der Waals surface area contributed by atoms with Crippen molar-refractivity contribution in [3.63, 3.8) is 0 Å². The molecule has 1 fully saturated rings. The Balaban J connectivity index is 1.86. The third kappa shape index (κ3) is 4.36. The number of anilines is 1. The van der Waals surface area contributed by atoms with Crippen LogP contribution in [0.4, 0.5) is 18.9 Å². The molecule has 0 radical (unpaired) electrons. The van der Waals surface area contributed by atoms with Crippen LogP contribution in [-0.4, -0.2) is 31.7 Å². The number of carbonyl (C=O) groups excluding carboxylic acids is 1. The number of hydrogen-bond donors (Lipinski definition) is 1. The Bertz CT molecular complexity index is 968. The Morgan fingerprint density at radius 2 is 1.64 bits per heavy atom. The molecule has 0 saturated carbocycles. The molecule has 28 heavy (non-hydrogen) atoms. The van der Waals surface area contributed by atoms with E-state index in [1.807, 2.05) is 0 Å². The first-order valence-corrected chi connectivity index (χ1v) is 10.2. The van der Waals surface area contributed by atoms with E-state index in [4.69, 9.17) is 0 Å². The van der Waals surface area contributed by atoms with Crippen LogP contribution >= 0.6 is 0 Å². The summed E-state index contributed by atoms with van der Waals surface area (Å²) in [6.45, 7) is 0.829. The minimum Gasteiger partial charge on any atom is -0.321 e. The van der Waals surface area contributed by atoms with Crippen LogP contribution in [0.3, 0.4) is 0 Å². The molecule has 0 aromatic heterocycles. The van der Waals surface area contributed by atoms with Gasteiger partial charge in [0, 0.05) is 18.7 Å². The van der Waals surface area contributed by atoms with Crippen LogP contribution in [0.25, 0.3) is 0 Å². The van der Waals surface area contributed by atoms with Gasteiger partial charge < -0.3 is 5.32 Å². The Kier molecular flexibility index (Phi) is 5.76. The topological polar surface area (TPSA) is 66.5 Å². The number of amides is 1. The van der Waals surface area contributed by atoms with Crippen molar-refractivity contribution >= 4 is 21.6 Å². The highest BCUT2D eigenvalue weighted by molar-refractivity contribution is 7.89. The van der Waals surface area contributed by atoms with Gasteiger partial charge in [0.2, 0.25) is 10.0 Å². The standard InChI is InChI=1S/C19H19F3N2O3S/c20-19(21,22)16-9-2-3-10-17(16)23-18(25)14-7-6-8-15(13-14)28(26,27)24-11-4-1-5-12-24/h2-3,6-10,13H,1,4-5,11-12H2,(H,23,25). The highest BCUT2D eigenvalue weighted by Crippen LogP contribution is 2.34. The molecule has 1 heterocycles. The van der Waals surface area contributed by atoms with Gasteiger partial charge in [0.15, 0.2) is 0 Å². The number of alkyl halides is 3. The van der Waals surface area contributed by atoms with Crippen molar-refractivity contribution in [3.8, 4) is 0 Å². The van der Waals surface area contributed by atoms with Crippen LogP contribution < -0.4 is 5.32 Å². The van der Waals surface area contributed by atoms with Crippen LogP contribution in [0, 0.1) is 0 Å². The first-order valence-electron chi connectivity index (χ1n) is 8.77. The second-order valence-corrected chi connectivity index (χ2v) is 8.43. The SMILES string of the molecule is O=C(Nc1ccccc1C(F)(F)F)c1cccc(S(=O)(=O)N2CCCCC2)c1. The highest BCUT2D eigenvalue weighted by atomic mass is 32.2. The van der Waals surface area contributed by atoms with Crippen LogP contribution in [0.2, 0.25) is 0 Å². The number of carbonyl (C=O) groups is 1. The summed E-state index contributed by atoms with van der Waals surface area (Å²) in [6.07, 6.45) is -2.11. The first-order chi connectivity index (χ1) is 13.2. The highest BCUT2D eigenvalue weighted by Gasteiger charge is 2.33. The maximum atomic E-state index is 13.1. The molecular weight excluding hydrogens is 393 g/mol. The van der Waals surface area contributed by atoms with Gasteiger partial charge >= 0.3 is 6.18 Å². The number of benzene rings is 2. The van der Waals surface area contributed by atoms with Crippen LogP contribution in [0.1, 0.15) is 35.2 Å². The van der Waals surface area contributed by atoms with E-state index in [1.165, 1.54) is 40.7 Å². The summed E-state index contributed by atoms with van der Waals surface area (Å²) in [5.74, 6) is -0.813. The molecule has 2 aromatic rings. The Hall–Kier alpha value is -2.39. The fraction of sp³-hybridized carbons (Fsp3) is 0.316. The summed E-state index contributed by atoms with van der Waals surface area (Å²) in [5.41, 5.74) is -1.39. The lowest BCUT2D eigenvalue weighted by atomic mass is 10.1. The second-order valence-electron chi connectivity index (χ2n) is 6.49. The molecule has 1 aliphatic heterocycles. The zero-order chi connectivity index (χ0) is 20.4. The average Bonchev–Trinajstić information content (AvgIpc) is 2.68. The maximum absolute atomic E-state index is 13.1. The molecule has 0 aliphatic carbocycles. The van der Waals surface area contributed by atoms with Gasteiger partial charge in [0.1, 0.15) is 0 Å². The molecule has 1 N–H and O–H groups in total. The fourth-order valence-corrected chi connectivity index (χ4v) is 4.65. The van der Waals surface area contributed by atoms with Gasteiger partial charge in [-0.05, 0) is 43.2 Å². The summed E-state index contributed by atoms with van der Waals surface area (Å²) in [7, 11) is -3.75. The number of nitrogens with one attached hydrogen (secondary N) is 1. The first kappa shape index (κ1) is 20.3. The molecule has 1 amide bonds. The molecule has 1 saturated heterocycles. The third-order valence-electron chi connectivity index (χ3n) is 4.53. The largest absolute Gasteiger partial charge is 0.418 e. The van der Waals surface area contributed by atoms with Crippen LogP contribution in [0.15, 0.2) is 53.4 Å². The number of para-hydroxylation sites is 1. The lowest BCUT2D eigenvalue weighted by Gasteiger charge is -2.26. The van der Waals surface area contributed by atoms with Crippen molar-refractivity contribution in [2.24, 2.45) is 0 Å². The number of halogens is 3. The van der Waals surface area contributed by atoms with Gasteiger partial charge in [-0.25, -0.2) is 8.42 Å². The van der Waals surface area contributed by atoms with Crippen molar-refractivity contribution < 1.29 is 26.4 Å². The quantitative estimate of drug-likeness (QED) is 0.821. The van der Waals surface area contributed by atoms with Gasteiger partial charge in [0.05, 0.1) is 16.1 Å². The summed E-state index contributed by atoms with van der Waals surface area (Å²) < 4.78 is 66.1. The minimum absolute atomic E-state index is 0.0324. The molecule has 2 aromatic carbocycles. The van der Waals surface area contributed by atoms with E-state index in [0.29, 0.717) is 13.1 Å². The summed E-state index contributed by atoms with van der Waals surface area (Å²) in [6, 6.07) is 9.95. The lowest BCUT2D eigenvalue weighted by Crippen LogP contribution is -2.35. The number of rotatable bonds is 4. The Labute approximate surface area is 161 Å². The molecule has 3 rings (SSSR count). The van der Waals surface area contributed by atoms with Crippen LogP contribution in [-0.2, 0) is 16.2 Å². The molecule has 5 nitrogen and oxygen atoms in total. The Morgan fingerprint density at radius 3 is 2.32 bits per heavy atom. The summed E-state index contributed by atoms with van der Waals surface area (Å²) in [5, 5.41) is 2.22. The van der Waals surface area contributed by atoms with E-state index in [-0.39, 0.29) is 16.1 Å². The van der Waals surface area contributed by atoms with Gasteiger partial charge in [-0.3, -0.25) is 4.79 Å². The normalized spacial score (nSPS) is 16.0. The van der Waals surface area contributed by atoms with E-state index >= 15 is 0 Å². The van der Waals surface area contributed by atoms with Crippen molar-refractivity contribution in [2.75, 3.05) is 18.4 Å². The molecule has 0 bridgehead atoms. The molecule has 150 valence electrons.